The second kappa shape index (κ2) is 6.39. The minimum Gasteiger partial charge on any atom is -0.310 e. The number of hydrogen-bond acceptors (Lipinski definition) is 3. The van der Waals surface area contributed by atoms with Gasteiger partial charge in [0.15, 0.2) is 0 Å². The Morgan fingerprint density at radius 1 is 1.30 bits per heavy atom. The summed E-state index contributed by atoms with van der Waals surface area (Å²) in [6, 6.07) is 5.07. The van der Waals surface area contributed by atoms with E-state index in [2.05, 4.69) is 33.3 Å². The Kier molecular flexibility index (Phi) is 4.34. The molecule has 3 nitrogen and oxygen atoms in total. The Balaban J connectivity index is 1.50. The fraction of sp³-hybridized carbons (Fsp3) is 0.588. The molecule has 3 heteroatoms. The van der Waals surface area contributed by atoms with Crippen LogP contribution in [0.25, 0.3) is 0 Å². The molecule has 0 atom stereocenters. The summed E-state index contributed by atoms with van der Waals surface area (Å²) < 4.78 is 0. The van der Waals surface area contributed by atoms with Gasteiger partial charge in [0.05, 0.1) is 12.2 Å². The summed E-state index contributed by atoms with van der Waals surface area (Å²) in [5.41, 5.74) is 2.39. The van der Waals surface area contributed by atoms with Crippen molar-refractivity contribution in [2.75, 3.05) is 13.1 Å². The second-order valence-electron chi connectivity index (χ2n) is 6.13. The Bertz CT molecular complexity index is 466. The lowest BCUT2D eigenvalue weighted by molar-refractivity contribution is 0.283. The van der Waals surface area contributed by atoms with Crippen LogP contribution < -0.4 is 5.32 Å². The van der Waals surface area contributed by atoms with Gasteiger partial charge < -0.3 is 5.32 Å². The third kappa shape index (κ3) is 4.33. The predicted molar refractivity (Wildman–Crippen MR) is 80.9 cm³/mol. The molecular weight excluding hydrogens is 246 g/mol. The van der Waals surface area contributed by atoms with Crippen LogP contribution in [-0.2, 0) is 13.1 Å². The van der Waals surface area contributed by atoms with E-state index in [9.17, 15) is 0 Å². The van der Waals surface area contributed by atoms with Gasteiger partial charge in [0.1, 0.15) is 0 Å². The third-order valence-corrected chi connectivity index (χ3v) is 3.97. The fourth-order valence-electron chi connectivity index (χ4n) is 2.41. The van der Waals surface area contributed by atoms with Crippen LogP contribution in [0.1, 0.15) is 36.9 Å². The maximum atomic E-state index is 5.46. The van der Waals surface area contributed by atoms with E-state index < -0.39 is 0 Å². The van der Waals surface area contributed by atoms with E-state index in [1.807, 2.05) is 6.20 Å². The molecule has 0 bridgehead atoms. The van der Waals surface area contributed by atoms with Gasteiger partial charge in [-0.3, -0.25) is 9.88 Å². The number of rotatable bonds is 8. The minimum absolute atomic E-state index is 0.725. The zero-order chi connectivity index (χ0) is 13.8. The van der Waals surface area contributed by atoms with E-state index in [0.29, 0.717) is 0 Å². The summed E-state index contributed by atoms with van der Waals surface area (Å²) in [6.07, 6.45) is 12.8. The van der Waals surface area contributed by atoms with Crippen LogP contribution in [0.3, 0.4) is 0 Å². The number of terminal acetylenes is 1. The van der Waals surface area contributed by atoms with Gasteiger partial charge >= 0.3 is 0 Å². The zero-order valence-electron chi connectivity index (χ0n) is 12.0. The van der Waals surface area contributed by atoms with E-state index in [1.165, 1.54) is 31.2 Å². The van der Waals surface area contributed by atoms with Crippen LogP contribution in [0, 0.1) is 18.3 Å². The molecular formula is C17H23N3. The summed E-state index contributed by atoms with van der Waals surface area (Å²) in [4.78, 5) is 6.91. The van der Waals surface area contributed by atoms with Crippen molar-refractivity contribution >= 4 is 0 Å². The lowest BCUT2D eigenvalue weighted by Crippen LogP contribution is -2.26. The molecule has 0 amide bonds. The number of nitrogens with zero attached hydrogens (tertiary/aromatic N) is 2. The summed E-state index contributed by atoms with van der Waals surface area (Å²) in [5, 5.41) is 3.51. The van der Waals surface area contributed by atoms with Crippen LogP contribution in [0.2, 0.25) is 0 Å². The molecule has 20 heavy (non-hydrogen) atoms. The molecule has 3 rings (SSSR count). The number of hydrogen-bond donors (Lipinski definition) is 1. The molecule has 2 aliphatic carbocycles. The average Bonchev–Trinajstić information content (AvgIpc) is 3.33. The van der Waals surface area contributed by atoms with Crippen LogP contribution in [0.4, 0.5) is 0 Å². The summed E-state index contributed by atoms with van der Waals surface area (Å²) >= 11 is 0. The van der Waals surface area contributed by atoms with Crippen molar-refractivity contribution in [2.45, 2.75) is 44.8 Å². The Labute approximate surface area is 121 Å². The first kappa shape index (κ1) is 13.6. The van der Waals surface area contributed by atoms with Crippen molar-refractivity contribution in [3.05, 3.63) is 29.6 Å². The lowest BCUT2D eigenvalue weighted by atomic mass is 10.2. The molecule has 0 spiro atoms. The number of pyridine rings is 1. The molecule has 2 saturated carbocycles. The molecule has 1 heterocycles. The van der Waals surface area contributed by atoms with Gasteiger partial charge in [-0.05, 0) is 43.2 Å². The van der Waals surface area contributed by atoms with Gasteiger partial charge in [-0.25, -0.2) is 0 Å². The van der Waals surface area contributed by atoms with Crippen molar-refractivity contribution in [1.82, 2.24) is 15.2 Å². The first-order valence-electron chi connectivity index (χ1n) is 7.66. The third-order valence-electron chi connectivity index (χ3n) is 3.97. The number of aromatic nitrogens is 1. The van der Waals surface area contributed by atoms with Gasteiger partial charge in [0, 0.05) is 31.9 Å². The predicted octanol–water partition coefficient (Wildman–Crippen LogP) is 2.18. The molecule has 0 aromatic carbocycles. The first-order valence-corrected chi connectivity index (χ1v) is 7.66. The number of nitrogens with one attached hydrogen (secondary N) is 1. The smallest absolute Gasteiger partial charge is 0.0602 e. The first-order chi connectivity index (χ1) is 9.83. The molecule has 1 aromatic rings. The summed E-state index contributed by atoms with van der Waals surface area (Å²) in [7, 11) is 0. The van der Waals surface area contributed by atoms with E-state index in [1.54, 1.807) is 0 Å². The monoisotopic (exact) mass is 269 g/mol. The van der Waals surface area contributed by atoms with Gasteiger partial charge in [0.2, 0.25) is 0 Å². The zero-order valence-corrected chi connectivity index (χ0v) is 12.0. The van der Waals surface area contributed by atoms with Crippen LogP contribution in [0.5, 0.6) is 0 Å². The normalized spacial score (nSPS) is 18.2. The topological polar surface area (TPSA) is 28.2 Å². The van der Waals surface area contributed by atoms with E-state index >= 15 is 0 Å². The largest absolute Gasteiger partial charge is 0.310 e. The summed E-state index contributed by atoms with van der Waals surface area (Å²) in [5.74, 6) is 3.63. The van der Waals surface area contributed by atoms with E-state index in [4.69, 9.17) is 6.42 Å². The maximum absolute atomic E-state index is 5.46. The van der Waals surface area contributed by atoms with Crippen molar-refractivity contribution in [2.24, 2.45) is 5.92 Å². The lowest BCUT2D eigenvalue weighted by Gasteiger charge is -2.19. The second-order valence-corrected chi connectivity index (χ2v) is 6.13. The molecule has 0 unspecified atom stereocenters. The van der Waals surface area contributed by atoms with E-state index in [-0.39, 0.29) is 0 Å². The highest BCUT2D eigenvalue weighted by molar-refractivity contribution is 5.14. The van der Waals surface area contributed by atoms with Crippen molar-refractivity contribution < 1.29 is 0 Å². The molecule has 1 aromatic heterocycles. The average molecular weight is 269 g/mol. The Morgan fingerprint density at radius 2 is 2.15 bits per heavy atom. The van der Waals surface area contributed by atoms with Crippen LogP contribution >= 0.6 is 0 Å². The molecule has 1 N–H and O–H groups in total. The fourth-order valence-corrected chi connectivity index (χ4v) is 2.41. The van der Waals surface area contributed by atoms with Crippen molar-refractivity contribution in [3.8, 4) is 12.3 Å². The van der Waals surface area contributed by atoms with Crippen LogP contribution in [0.15, 0.2) is 18.3 Å². The summed E-state index contributed by atoms with van der Waals surface area (Å²) in [6.45, 7) is 3.66. The molecule has 2 fully saturated rings. The van der Waals surface area contributed by atoms with E-state index in [0.717, 1.165) is 43.8 Å². The van der Waals surface area contributed by atoms with Crippen LogP contribution in [-0.4, -0.2) is 29.0 Å². The van der Waals surface area contributed by atoms with Crippen molar-refractivity contribution in [1.29, 1.82) is 0 Å². The van der Waals surface area contributed by atoms with Gasteiger partial charge in [-0.2, -0.15) is 0 Å². The highest BCUT2D eigenvalue weighted by Crippen LogP contribution is 2.30. The highest BCUT2D eigenvalue weighted by atomic mass is 15.1. The van der Waals surface area contributed by atoms with Gasteiger partial charge in [-0.1, -0.05) is 12.0 Å². The standard InChI is InChI=1S/C17H23N3/c1-2-9-20(12-14-3-4-14)13-17-6-5-15(11-19-17)10-18-16-7-8-16/h1,5-6,11,14,16,18H,3-4,7-10,12-13H2. The SMILES string of the molecule is C#CCN(Cc1ccc(CNC2CC2)cn1)CC1CC1. The van der Waals surface area contributed by atoms with Gasteiger partial charge in [0.25, 0.3) is 0 Å². The minimum atomic E-state index is 0.725. The molecule has 0 saturated heterocycles. The Hall–Kier alpha value is -1.37. The maximum Gasteiger partial charge on any atom is 0.0602 e. The quantitative estimate of drug-likeness (QED) is 0.733. The Morgan fingerprint density at radius 3 is 2.75 bits per heavy atom. The molecule has 2 aliphatic rings. The molecule has 106 valence electrons. The molecule has 0 radical (unpaired) electrons. The highest BCUT2D eigenvalue weighted by Gasteiger charge is 2.24. The van der Waals surface area contributed by atoms with Crippen molar-refractivity contribution in [3.63, 3.8) is 0 Å². The van der Waals surface area contributed by atoms with Gasteiger partial charge in [-0.15, -0.1) is 6.42 Å². The molecule has 0 aliphatic heterocycles.